The summed E-state index contributed by atoms with van der Waals surface area (Å²) in [5, 5.41) is 0. The first-order chi connectivity index (χ1) is 8.61. The van der Waals surface area contributed by atoms with Gasteiger partial charge in [0.05, 0.1) is 7.11 Å². The van der Waals surface area contributed by atoms with Crippen molar-refractivity contribution < 1.29 is 18.7 Å². The fraction of sp³-hybridized carbons (Fsp3) is 0.385. The molecule has 1 amide bonds. The summed E-state index contributed by atoms with van der Waals surface area (Å²) in [6.45, 7) is 0.816. The normalized spacial score (nSPS) is 15.7. The van der Waals surface area contributed by atoms with Crippen molar-refractivity contribution in [1.29, 1.82) is 0 Å². The van der Waals surface area contributed by atoms with Gasteiger partial charge >= 0.3 is 0 Å². The number of benzene rings is 1. The molecule has 0 aromatic heterocycles. The molecule has 1 saturated heterocycles. The van der Waals surface area contributed by atoms with E-state index >= 15 is 0 Å². The molecule has 0 radical (unpaired) electrons. The lowest BCUT2D eigenvalue weighted by Gasteiger charge is -2.26. The third-order valence-corrected chi connectivity index (χ3v) is 3.01. The van der Waals surface area contributed by atoms with E-state index in [-0.39, 0.29) is 23.0 Å². The number of ether oxygens (including phenoxy) is 1. The van der Waals surface area contributed by atoms with Crippen molar-refractivity contribution in [2.24, 2.45) is 0 Å². The van der Waals surface area contributed by atoms with Crippen molar-refractivity contribution in [3.63, 3.8) is 0 Å². The van der Waals surface area contributed by atoms with Gasteiger partial charge in [0.25, 0.3) is 5.91 Å². The zero-order chi connectivity index (χ0) is 13.1. The molecule has 0 atom stereocenters. The molecule has 5 heteroatoms. The maximum absolute atomic E-state index is 13.5. The lowest BCUT2D eigenvalue weighted by atomic mass is 10.1. The van der Waals surface area contributed by atoms with Gasteiger partial charge in [0, 0.05) is 31.5 Å². The lowest BCUT2D eigenvalue weighted by Crippen LogP contribution is -2.38. The van der Waals surface area contributed by atoms with E-state index < -0.39 is 5.82 Å². The molecule has 1 aliphatic heterocycles. The molecular formula is C13H14FNO3. The number of nitrogens with zero attached hydrogens (tertiary/aromatic N) is 1. The van der Waals surface area contributed by atoms with Gasteiger partial charge in [-0.25, -0.2) is 4.39 Å². The zero-order valence-corrected chi connectivity index (χ0v) is 10.1. The summed E-state index contributed by atoms with van der Waals surface area (Å²) in [5.74, 6) is -0.527. The molecule has 1 heterocycles. The van der Waals surface area contributed by atoms with Crippen LogP contribution in [0.15, 0.2) is 18.2 Å². The Hall–Kier alpha value is -1.91. The van der Waals surface area contributed by atoms with Crippen LogP contribution in [0.25, 0.3) is 0 Å². The number of ketones is 1. The molecule has 1 aliphatic rings. The molecule has 96 valence electrons. The van der Waals surface area contributed by atoms with Gasteiger partial charge in [-0.1, -0.05) is 0 Å². The van der Waals surface area contributed by atoms with Crippen molar-refractivity contribution in [2.45, 2.75) is 12.8 Å². The molecule has 0 N–H and O–H groups in total. The first-order valence-corrected chi connectivity index (χ1v) is 5.76. The van der Waals surface area contributed by atoms with Gasteiger partial charge in [0.1, 0.15) is 5.78 Å². The van der Waals surface area contributed by atoms with Crippen molar-refractivity contribution in [3.8, 4) is 5.75 Å². The second kappa shape index (κ2) is 5.16. The topological polar surface area (TPSA) is 46.6 Å². The summed E-state index contributed by atoms with van der Waals surface area (Å²) >= 11 is 0. The SMILES string of the molecule is COc1ccc(C(=O)N2CCC(=O)CC2)cc1F. The molecule has 0 bridgehead atoms. The van der Waals surface area contributed by atoms with Crippen LogP contribution in [0.3, 0.4) is 0 Å². The van der Waals surface area contributed by atoms with E-state index in [0.717, 1.165) is 6.07 Å². The number of methoxy groups -OCH3 is 1. The first kappa shape index (κ1) is 12.5. The Kier molecular flexibility index (Phi) is 3.60. The molecule has 1 fully saturated rings. The van der Waals surface area contributed by atoms with Crippen LogP contribution in [-0.2, 0) is 4.79 Å². The Morgan fingerprint density at radius 3 is 2.56 bits per heavy atom. The molecule has 0 aliphatic carbocycles. The lowest BCUT2D eigenvalue weighted by molar-refractivity contribution is -0.120. The van der Waals surface area contributed by atoms with Crippen molar-refractivity contribution in [3.05, 3.63) is 29.6 Å². The molecular weight excluding hydrogens is 237 g/mol. The number of Topliss-reactive ketones (excluding diaryl/α,β-unsaturated/α-hetero) is 1. The Morgan fingerprint density at radius 2 is 2.00 bits per heavy atom. The number of carbonyl (C=O) groups excluding carboxylic acids is 2. The smallest absolute Gasteiger partial charge is 0.253 e. The van der Waals surface area contributed by atoms with E-state index in [9.17, 15) is 14.0 Å². The highest BCUT2D eigenvalue weighted by atomic mass is 19.1. The summed E-state index contributed by atoms with van der Waals surface area (Å²) in [7, 11) is 1.37. The van der Waals surface area contributed by atoms with Crippen LogP contribution in [0.2, 0.25) is 0 Å². The van der Waals surface area contributed by atoms with Crippen LogP contribution in [0.4, 0.5) is 4.39 Å². The van der Waals surface area contributed by atoms with Gasteiger partial charge in [-0.05, 0) is 18.2 Å². The molecule has 0 spiro atoms. The van der Waals surface area contributed by atoms with Crippen LogP contribution in [0, 0.1) is 5.82 Å². The maximum atomic E-state index is 13.5. The number of carbonyl (C=O) groups is 2. The highest BCUT2D eigenvalue weighted by Crippen LogP contribution is 2.19. The van der Waals surface area contributed by atoms with Crippen LogP contribution in [0.5, 0.6) is 5.75 Å². The number of hydrogen-bond donors (Lipinski definition) is 0. The van der Waals surface area contributed by atoms with Crippen molar-refractivity contribution in [1.82, 2.24) is 4.90 Å². The minimum atomic E-state index is -0.559. The Balaban J connectivity index is 2.13. The van der Waals surface area contributed by atoms with Crippen molar-refractivity contribution in [2.75, 3.05) is 20.2 Å². The third-order valence-electron chi connectivity index (χ3n) is 3.01. The van der Waals surface area contributed by atoms with Crippen LogP contribution in [0.1, 0.15) is 23.2 Å². The monoisotopic (exact) mass is 251 g/mol. The van der Waals surface area contributed by atoms with E-state index in [1.54, 1.807) is 4.90 Å². The minimum Gasteiger partial charge on any atom is -0.494 e. The molecule has 18 heavy (non-hydrogen) atoms. The highest BCUT2D eigenvalue weighted by Gasteiger charge is 2.22. The molecule has 0 saturated carbocycles. The average molecular weight is 251 g/mol. The number of rotatable bonds is 2. The van der Waals surface area contributed by atoms with Gasteiger partial charge < -0.3 is 9.64 Å². The third kappa shape index (κ3) is 2.50. The Bertz CT molecular complexity index is 477. The quantitative estimate of drug-likeness (QED) is 0.802. The van der Waals surface area contributed by atoms with Crippen LogP contribution < -0.4 is 4.74 Å². The van der Waals surface area contributed by atoms with Crippen LogP contribution >= 0.6 is 0 Å². The maximum Gasteiger partial charge on any atom is 0.253 e. The first-order valence-electron chi connectivity index (χ1n) is 5.76. The van der Waals surface area contributed by atoms with Gasteiger partial charge in [-0.3, -0.25) is 9.59 Å². The largest absolute Gasteiger partial charge is 0.494 e. The summed E-state index contributed by atoms with van der Waals surface area (Å²) in [5.41, 5.74) is 0.280. The molecule has 0 unspecified atom stereocenters. The minimum absolute atomic E-state index is 0.111. The molecule has 1 aromatic carbocycles. The fourth-order valence-corrected chi connectivity index (χ4v) is 1.94. The molecule has 1 aromatic rings. The number of amides is 1. The van der Waals surface area contributed by atoms with Gasteiger partial charge in [0.15, 0.2) is 11.6 Å². The molecule has 2 rings (SSSR count). The summed E-state index contributed by atoms with van der Waals surface area (Å²) < 4.78 is 18.3. The predicted octanol–water partition coefficient (Wildman–Crippen LogP) is 1.64. The van der Waals surface area contributed by atoms with E-state index in [1.807, 2.05) is 0 Å². The van der Waals surface area contributed by atoms with E-state index in [1.165, 1.54) is 19.2 Å². The van der Waals surface area contributed by atoms with E-state index in [0.29, 0.717) is 25.9 Å². The standard InChI is InChI=1S/C13H14FNO3/c1-18-12-3-2-9(8-11(12)14)13(17)15-6-4-10(16)5-7-15/h2-3,8H,4-7H2,1H3. The summed E-state index contributed by atoms with van der Waals surface area (Å²) in [6, 6.07) is 4.12. The average Bonchev–Trinajstić information content (AvgIpc) is 2.38. The summed E-state index contributed by atoms with van der Waals surface area (Å²) in [6.07, 6.45) is 0.759. The number of piperidine rings is 1. The number of likely N-dealkylation sites (tertiary alicyclic amines) is 1. The Morgan fingerprint density at radius 1 is 1.33 bits per heavy atom. The predicted molar refractivity (Wildman–Crippen MR) is 63.1 cm³/mol. The van der Waals surface area contributed by atoms with Crippen molar-refractivity contribution >= 4 is 11.7 Å². The second-order valence-corrected chi connectivity index (χ2v) is 4.18. The van der Waals surface area contributed by atoms with Gasteiger partial charge in [-0.2, -0.15) is 0 Å². The second-order valence-electron chi connectivity index (χ2n) is 4.18. The number of halogens is 1. The zero-order valence-electron chi connectivity index (χ0n) is 10.1. The summed E-state index contributed by atoms with van der Waals surface area (Å²) in [4.78, 5) is 24.7. The molecule has 4 nitrogen and oxygen atoms in total. The Labute approximate surface area is 104 Å². The van der Waals surface area contributed by atoms with Crippen LogP contribution in [-0.4, -0.2) is 36.8 Å². The fourth-order valence-electron chi connectivity index (χ4n) is 1.94. The van der Waals surface area contributed by atoms with E-state index in [2.05, 4.69) is 0 Å². The number of hydrogen-bond acceptors (Lipinski definition) is 3. The van der Waals surface area contributed by atoms with E-state index in [4.69, 9.17) is 4.74 Å². The highest BCUT2D eigenvalue weighted by molar-refractivity contribution is 5.95. The van der Waals surface area contributed by atoms with Gasteiger partial charge in [0.2, 0.25) is 0 Å². The van der Waals surface area contributed by atoms with Gasteiger partial charge in [-0.15, -0.1) is 0 Å².